The molecule has 6 heteroatoms. The second-order valence-corrected chi connectivity index (χ2v) is 7.88. The van der Waals surface area contributed by atoms with E-state index in [4.69, 9.17) is 0 Å². The number of hydrogen-bond acceptors (Lipinski definition) is 4. The van der Waals surface area contributed by atoms with Gasteiger partial charge in [0.1, 0.15) is 5.82 Å². The molecule has 0 bridgehead atoms. The highest BCUT2D eigenvalue weighted by Gasteiger charge is 2.20. The van der Waals surface area contributed by atoms with Crippen molar-refractivity contribution in [3.63, 3.8) is 0 Å². The molecule has 2 aromatic carbocycles. The van der Waals surface area contributed by atoms with Gasteiger partial charge in [-0.1, -0.05) is 56.3 Å². The van der Waals surface area contributed by atoms with Crippen molar-refractivity contribution in [2.24, 2.45) is 5.92 Å². The van der Waals surface area contributed by atoms with Crippen LogP contribution in [0.5, 0.6) is 0 Å². The smallest absolute Gasteiger partial charge is 0.223 e. The van der Waals surface area contributed by atoms with Gasteiger partial charge in [0.15, 0.2) is 5.82 Å². The lowest BCUT2D eigenvalue weighted by atomic mass is 10.0. The van der Waals surface area contributed by atoms with Crippen LogP contribution in [-0.2, 0) is 30.8 Å². The maximum Gasteiger partial charge on any atom is 0.223 e. The Hall–Kier alpha value is -2.73. The quantitative estimate of drug-likeness (QED) is 0.701. The Labute approximate surface area is 171 Å². The molecule has 1 unspecified atom stereocenters. The average Bonchev–Trinajstić information content (AvgIpc) is 3.03. The zero-order valence-electron chi connectivity index (χ0n) is 17.3. The van der Waals surface area contributed by atoms with Crippen LogP contribution in [0.1, 0.15) is 37.5 Å². The minimum absolute atomic E-state index is 0.0257. The second kappa shape index (κ2) is 8.74. The fourth-order valence-corrected chi connectivity index (χ4v) is 3.91. The normalized spacial score (nSPS) is 15.7. The number of amides is 1. The fraction of sp³-hybridized carbons (Fsp3) is 0.435. The van der Waals surface area contributed by atoms with Gasteiger partial charge < -0.3 is 9.88 Å². The highest BCUT2D eigenvalue weighted by atomic mass is 16.1. The first-order valence-electron chi connectivity index (χ1n) is 10.5. The van der Waals surface area contributed by atoms with Gasteiger partial charge in [-0.25, -0.2) is 0 Å². The van der Waals surface area contributed by atoms with E-state index >= 15 is 0 Å². The van der Waals surface area contributed by atoms with Crippen LogP contribution in [0.15, 0.2) is 42.5 Å². The minimum atomic E-state index is 0.0257. The lowest BCUT2D eigenvalue weighted by Gasteiger charge is -2.20. The van der Waals surface area contributed by atoms with Crippen LogP contribution < -0.4 is 5.32 Å². The average molecular weight is 392 g/mol. The third-order valence-electron chi connectivity index (χ3n) is 5.95. The van der Waals surface area contributed by atoms with E-state index < -0.39 is 0 Å². The Morgan fingerprint density at radius 2 is 1.93 bits per heavy atom. The number of fused-ring (bicyclic) bond motifs is 2. The van der Waals surface area contributed by atoms with Crippen molar-refractivity contribution in [3.05, 3.63) is 59.7 Å². The van der Waals surface area contributed by atoms with Crippen molar-refractivity contribution in [1.82, 2.24) is 25.0 Å². The Balaban J connectivity index is 1.42. The van der Waals surface area contributed by atoms with Crippen molar-refractivity contribution in [3.8, 4) is 0 Å². The summed E-state index contributed by atoms with van der Waals surface area (Å²) < 4.78 is 2.18. The van der Waals surface area contributed by atoms with Gasteiger partial charge in [-0.15, -0.1) is 10.2 Å². The van der Waals surface area contributed by atoms with Crippen LogP contribution in [-0.4, -0.2) is 38.7 Å². The van der Waals surface area contributed by atoms with E-state index in [1.807, 2.05) is 13.8 Å². The summed E-state index contributed by atoms with van der Waals surface area (Å²) in [6.07, 6.45) is 1.71. The molecule has 0 spiro atoms. The van der Waals surface area contributed by atoms with E-state index in [0.29, 0.717) is 6.54 Å². The molecule has 0 saturated heterocycles. The molecule has 1 aliphatic rings. The standard InChI is InChI=1S/C23H29N5O/c1-3-17(2)23(29)24-15-22-26-25-21-11-12-27(13-14-28(21)22)16-19-9-6-8-18-7-4-5-10-20(18)19/h4-10,17H,3,11-16H2,1-2H3,(H,24,29). The van der Waals surface area contributed by atoms with E-state index in [0.717, 1.165) is 50.7 Å². The molecule has 29 heavy (non-hydrogen) atoms. The number of rotatable bonds is 6. The molecule has 0 fully saturated rings. The van der Waals surface area contributed by atoms with Crippen LogP contribution in [0.2, 0.25) is 0 Å². The van der Waals surface area contributed by atoms with Crippen molar-refractivity contribution in [2.75, 3.05) is 13.1 Å². The Kier molecular flexibility index (Phi) is 5.90. The number of hydrogen-bond donors (Lipinski definition) is 1. The maximum atomic E-state index is 12.1. The topological polar surface area (TPSA) is 63.1 Å². The summed E-state index contributed by atoms with van der Waals surface area (Å²) in [5, 5.41) is 14.3. The van der Waals surface area contributed by atoms with Crippen molar-refractivity contribution >= 4 is 16.7 Å². The first-order chi connectivity index (χ1) is 14.2. The number of benzene rings is 2. The van der Waals surface area contributed by atoms with Gasteiger partial charge in [-0.2, -0.15) is 0 Å². The molecule has 1 N–H and O–H groups in total. The monoisotopic (exact) mass is 391 g/mol. The summed E-state index contributed by atoms with van der Waals surface area (Å²) in [5.74, 6) is 1.97. The number of carbonyl (C=O) groups is 1. The maximum absolute atomic E-state index is 12.1. The molecule has 1 aromatic heterocycles. The molecule has 152 valence electrons. The number of nitrogens with zero attached hydrogens (tertiary/aromatic N) is 4. The first-order valence-corrected chi connectivity index (χ1v) is 10.5. The summed E-state index contributed by atoms with van der Waals surface area (Å²) in [6, 6.07) is 15.1. The molecule has 1 aliphatic heterocycles. The number of aromatic nitrogens is 3. The van der Waals surface area contributed by atoms with E-state index in [9.17, 15) is 4.79 Å². The second-order valence-electron chi connectivity index (χ2n) is 7.88. The van der Waals surface area contributed by atoms with Gasteiger partial charge in [0.2, 0.25) is 5.91 Å². The lowest BCUT2D eigenvalue weighted by molar-refractivity contribution is -0.124. The lowest BCUT2D eigenvalue weighted by Crippen LogP contribution is -2.30. The summed E-state index contributed by atoms with van der Waals surface area (Å²) in [5.41, 5.74) is 1.36. The summed E-state index contributed by atoms with van der Waals surface area (Å²) >= 11 is 0. The summed E-state index contributed by atoms with van der Waals surface area (Å²) in [4.78, 5) is 14.6. The molecule has 4 rings (SSSR count). The predicted octanol–water partition coefficient (Wildman–Crippen LogP) is 3.15. The van der Waals surface area contributed by atoms with E-state index in [1.54, 1.807) is 0 Å². The third-order valence-corrected chi connectivity index (χ3v) is 5.95. The van der Waals surface area contributed by atoms with Gasteiger partial charge in [-0.3, -0.25) is 9.69 Å². The van der Waals surface area contributed by atoms with E-state index in [-0.39, 0.29) is 11.8 Å². The highest BCUT2D eigenvalue weighted by Crippen LogP contribution is 2.21. The van der Waals surface area contributed by atoms with Crippen molar-refractivity contribution < 1.29 is 4.79 Å². The van der Waals surface area contributed by atoms with Crippen LogP contribution >= 0.6 is 0 Å². The van der Waals surface area contributed by atoms with Crippen molar-refractivity contribution in [2.45, 2.75) is 46.3 Å². The van der Waals surface area contributed by atoms with Gasteiger partial charge in [0, 0.05) is 38.5 Å². The fourth-order valence-electron chi connectivity index (χ4n) is 3.91. The number of carbonyl (C=O) groups excluding carboxylic acids is 1. The molecular weight excluding hydrogens is 362 g/mol. The number of nitrogens with one attached hydrogen (secondary N) is 1. The summed E-state index contributed by atoms with van der Waals surface area (Å²) in [7, 11) is 0. The molecular formula is C23H29N5O. The SMILES string of the molecule is CCC(C)C(=O)NCc1nnc2n1CCN(Cc1cccc3ccccc13)CC2. The molecule has 3 aromatic rings. The minimum Gasteiger partial charge on any atom is -0.349 e. The molecule has 0 radical (unpaired) electrons. The molecule has 6 nitrogen and oxygen atoms in total. The van der Waals surface area contributed by atoms with E-state index in [2.05, 4.69) is 67.4 Å². The molecule has 1 amide bonds. The largest absolute Gasteiger partial charge is 0.349 e. The molecule has 2 heterocycles. The highest BCUT2D eigenvalue weighted by molar-refractivity contribution is 5.85. The molecule has 0 saturated carbocycles. The zero-order chi connectivity index (χ0) is 20.2. The van der Waals surface area contributed by atoms with Gasteiger partial charge in [-0.05, 0) is 22.8 Å². The molecule has 0 aliphatic carbocycles. The molecule has 1 atom stereocenters. The first kappa shape index (κ1) is 19.6. The van der Waals surface area contributed by atoms with Crippen molar-refractivity contribution in [1.29, 1.82) is 0 Å². The summed E-state index contributed by atoms with van der Waals surface area (Å²) in [6.45, 7) is 8.10. The van der Waals surface area contributed by atoms with Crippen LogP contribution in [0, 0.1) is 5.92 Å². The Bertz CT molecular complexity index is 991. The van der Waals surface area contributed by atoms with Gasteiger partial charge in [0.25, 0.3) is 0 Å². The Morgan fingerprint density at radius 1 is 1.10 bits per heavy atom. The third kappa shape index (κ3) is 4.32. The Morgan fingerprint density at radius 3 is 2.79 bits per heavy atom. The van der Waals surface area contributed by atoms with Crippen LogP contribution in [0.3, 0.4) is 0 Å². The van der Waals surface area contributed by atoms with E-state index in [1.165, 1.54) is 16.3 Å². The predicted molar refractivity (Wildman–Crippen MR) is 114 cm³/mol. The van der Waals surface area contributed by atoms with Crippen LogP contribution in [0.25, 0.3) is 10.8 Å². The van der Waals surface area contributed by atoms with Crippen LogP contribution in [0.4, 0.5) is 0 Å². The zero-order valence-corrected chi connectivity index (χ0v) is 17.3. The van der Waals surface area contributed by atoms with Gasteiger partial charge >= 0.3 is 0 Å². The van der Waals surface area contributed by atoms with Gasteiger partial charge in [0.05, 0.1) is 6.54 Å².